The van der Waals surface area contributed by atoms with E-state index in [4.69, 9.17) is 0 Å². The molecule has 0 N–H and O–H groups in total. The molecule has 22 heavy (non-hydrogen) atoms. The fourth-order valence-electron chi connectivity index (χ4n) is 3.34. The Hall–Kier alpha value is -2.05. The van der Waals surface area contributed by atoms with Crippen LogP contribution in [0.25, 0.3) is 0 Å². The van der Waals surface area contributed by atoms with Crippen LogP contribution >= 0.6 is 7.26 Å². The number of nitrogens with zero attached hydrogens (tertiary/aromatic N) is 2. The summed E-state index contributed by atoms with van der Waals surface area (Å²) in [6.07, 6.45) is 1.75. The van der Waals surface area contributed by atoms with E-state index in [1.165, 1.54) is 10.6 Å². The summed E-state index contributed by atoms with van der Waals surface area (Å²) in [4.78, 5) is 0. The maximum absolute atomic E-state index is 4.54. The van der Waals surface area contributed by atoms with E-state index in [0.29, 0.717) is 5.66 Å². The molecule has 0 aliphatic carbocycles. The van der Waals surface area contributed by atoms with Crippen molar-refractivity contribution in [2.75, 3.05) is 0 Å². The molecule has 0 unspecified atom stereocenters. The average molecular weight is 308 g/mol. The molecule has 2 aromatic carbocycles. The molecule has 0 aliphatic heterocycles. The predicted octanol–water partition coefficient (Wildman–Crippen LogP) is 2.91. The number of hydrogen-bond donors (Lipinski definition) is 0. The Bertz CT molecular complexity index is 616. The summed E-state index contributed by atoms with van der Waals surface area (Å²) in [6, 6.07) is 25.8. The molecule has 0 fully saturated rings. The van der Waals surface area contributed by atoms with E-state index >= 15 is 0 Å². The van der Waals surface area contributed by atoms with Crippen LogP contribution in [0.3, 0.4) is 0 Å². The van der Waals surface area contributed by atoms with Crippen molar-refractivity contribution in [3.63, 3.8) is 0 Å². The van der Waals surface area contributed by atoms with Gasteiger partial charge in [-0.25, -0.2) is 0 Å². The second-order valence-corrected chi connectivity index (χ2v) is 10.2. The van der Waals surface area contributed by atoms with Crippen molar-refractivity contribution in [3.8, 4) is 0 Å². The SMILES string of the molecule is CC(C)[PH](c1ccccc1)(c1ccccc1)c1cccnn1. The van der Waals surface area contributed by atoms with Gasteiger partial charge in [-0.1, -0.05) is 0 Å². The number of hydrogen-bond acceptors (Lipinski definition) is 2. The van der Waals surface area contributed by atoms with Crippen LogP contribution in [0.2, 0.25) is 0 Å². The van der Waals surface area contributed by atoms with Crippen molar-refractivity contribution in [1.29, 1.82) is 0 Å². The van der Waals surface area contributed by atoms with Crippen molar-refractivity contribution >= 4 is 23.3 Å². The van der Waals surface area contributed by atoms with Gasteiger partial charge in [0.2, 0.25) is 0 Å². The standard InChI is InChI=1S/C19H21N2P/c1-16(2)22(17-10-5-3-6-11-17,18-12-7-4-8-13-18)19-14-9-15-20-21-19/h3-16,22H,1-2H3. The van der Waals surface area contributed by atoms with E-state index in [9.17, 15) is 0 Å². The Labute approximate surface area is 132 Å². The summed E-state index contributed by atoms with van der Waals surface area (Å²) in [7, 11) is -2.17. The molecule has 1 heterocycles. The van der Waals surface area contributed by atoms with Gasteiger partial charge in [-0.2, -0.15) is 0 Å². The van der Waals surface area contributed by atoms with Gasteiger partial charge < -0.3 is 0 Å². The van der Waals surface area contributed by atoms with Crippen molar-refractivity contribution < 1.29 is 0 Å². The van der Waals surface area contributed by atoms with Crippen LogP contribution in [0.5, 0.6) is 0 Å². The molecule has 112 valence electrons. The van der Waals surface area contributed by atoms with Crippen LogP contribution in [-0.2, 0) is 0 Å². The minimum absolute atomic E-state index is 0.481. The van der Waals surface area contributed by atoms with Crippen LogP contribution in [-0.4, -0.2) is 15.9 Å². The Morgan fingerprint density at radius 1 is 0.727 bits per heavy atom. The van der Waals surface area contributed by atoms with Gasteiger partial charge in [0.25, 0.3) is 0 Å². The van der Waals surface area contributed by atoms with E-state index in [2.05, 4.69) is 90.8 Å². The Morgan fingerprint density at radius 3 is 1.68 bits per heavy atom. The molecular weight excluding hydrogens is 287 g/mol. The monoisotopic (exact) mass is 308 g/mol. The second kappa shape index (κ2) is 6.37. The summed E-state index contributed by atoms with van der Waals surface area (Å²) in [5, 5.41) is 11.5. The fraction of sp³-hybridized carbons (Fsp3) is 0.158. The van der Waals surface area contributed by atoms with Crippen LogP contribution in [0.4, 0.5) is 0 Å². The molecule has 3 rings (SSSR count). The van der Waals surface area contributed by atoms with E-state index in [-0.39, 0.29) is 0 Å². The van der Waals surface area contributed by atoms with Gasteiger partial charge in [0.1, 0.15) is 0 Å². The van der Waals surface area contributed by atoms with E-state index in [1.807, 2.05) is 6.07 Å². The van der Waals surface area contributed by atoms with Crippen molar-refractivity contribution in [3.05, 3.63) is 79.0 Å². The molecule has 0 amide bonds. The molecule has 3 heteroatoms. The normalized spacial score (nSPS) is 12.3. The van der Waals surface area contributed by atoms with Crippen molar-refractivity contribution in [2.24, 2.45) is 0 Å². The molecule has 0 spiro atoms. The Balaban J connectivity index is 2.34. The van der Waals surface area contributed by atoms with Gasteiger partial charge >= 0.3 is 132 Å². The predicted molar refractivity (Wildman–Crippen MR) is 97.3 cm³/mol. The number of rotatable bonds is 4. The molecule has 2 nitrogen and oxygen atoms in total. The topological polar surface area (TPSA) is 25.8 Å². The first-order valence-corrected chi connectivity index (χ1v) is 9.73. The molecule has 0 bridgehead atoms. The molecule has 3 aromatic rings. The van der Waals surface area contributed by atoms with Crippen LogP contribution in [0, 0.1) is 0 Å². The first-order valence-electron chi connectivity index (χ1n) is 7.65. The van der Waals surface area contributed by atoms with E-state index in [0.717, 1.165) is 5.44 Å². The van der Waals surface area contributed by atoms with Crippen molar-refractivity contribution in [2.45, 2.75) is 19.5 Å². The number of benzene rings is 2. The first kappa shape index (κ1) is 14.9. The van der Waals surface area contributed by atoms with Crippen molar-refractivity contribution in [1.82, 2.24) is 10.2 Å². The first-order chi connectivity index (χ1) is 10.8. The summed E-state index contributed by atoms with van der Waals surface area (Å²) in [5.74, 6) is 0. The molecule has 1 aromatic heterocycles. The molecule has 0 radical (unpaired) electrons. The number of aromatic nitrogens is 2. The third-order valence-corrected chi connectivity index (χ3v) is 9.60. The molecular formula is C19H21N2P. The third-order valence-electron chi connectivity index (χ3n) is 4.30. The molecule has 0 atom stereocenters. The zero-order valence-corrected chi connectivity index (χ0v) is 14.0. The van der Waals surface area contributed by atoms with E-state index in [1.54, 1.807) is 6.20 Å². The van der Waals surface area contributed by atoms with Gasteiger partial charge in [0.15, 0.2) is 0 Å². The molecule has 0 saturated heterocycles. The average Bonchev–Trinajstić information content (AvgIpc) is 2.58. The minimum atomic E-state index is -2.17. The van der Waals surface area contributed by atoms with Crippen LogP contribution in [0.15, 0.2) is 79.0 Å². The summed E-state index contributed by atoms with van der Waals surface area (Å²) in [6.45, 7) is 4.61. The van der Waals surface area contributed by atoms with Gasteiger partial charge in [0, 0.05) is 0 Å². The fourth-order valence-corrected chi connectivity index (χ4v) is 8.20. The Morgan fingerprint density at radius 2 is 1.27 bits per heavy atom. The summed E-state index contributed by atoms with van der Waals surface area (Å²) < 4.78 is 0. The maximum atomic E-state index is 4.54. The van der Waals surface area contributed by atoms with Crippen LogP contribution < -0.4 is 16.0 Å². The van der Waals surface area contributed by atoms with Crippen LogP contribution in [0.1, 0.15) is 13.8 Å². The van der Waals surface area contributed by atoms with E-state index < -0.39 is 7.26 Å². The summed E-state index contributed by atoms with van der Waals surface area (Å²) >= 11 is 0. The zero-order valence-electron chi connectivity index (χ0n) is 13.0. The quantitative estimate of drug-likeness (QED) is 0.693. The third kappa shape index (κ3) is 2.44. The zero-order chi connectivity index (χ0) is 15.4. The Kier molecular flexibility index (Phi) is 4.31. The van der Waals surface area contributed by atoms with Gasteiger partial charge in [-0.3, -0.25) is 0 Å². The van der Waals surface area contributed by atoms with Gasteiger partial charge in [-0.15, -0.1) is 0 Å². The van der Waals surface area contributed by atoms with Gasteiger partial charge in [0.05, 0.1) is 0 Å². The molecule has 0 saturated carbocycles. The molecule has 0 aliphatic rings. The summed E-state index contributed by atoms with van der Waals surface area (Å²) in [5.41, 5.74) is 1.61. The second-order valence-electron chi connectivity index (χ2n) is 5.80. The van der Waals surface area contributed by atoms with Gasteiger partial charge in [-0.05, 0) is 0 Å².